The van der Waals surface area contributed by atoms with Crippen LogP contribution in [-0.4, -0.2) is 29.1 Å². The lowest BCUT2D eigenvalue weighted by Gasteiger charge is -2.03. The zero-order valence-corrected chi connectivity index (χ0v) is 14.2. The molecule has 1 aliphatic rings. The van der Waals surface area contributed by atoms with Gasteiger partial charge in [0.2, 0.25) is 0 Å². The molecule has 0 amide bonds. The number of hydrogen-bond acceptors (Lipinski definition) is 5. The van der Waals surface area contributed by atoms with Crippen LogP contribution in [0, 0.1) is 17.8 Å². The van der Waals surface area contributed by atoms with Crippen molar-refractivity contribution in [2.45, 2.75) is 17.7 Å². The molecule has 1 aliphatic carbocycles. The Morgan fingerprint density at radius 2 is 2.08 bits per heavy atom. The molecule has 0 spiro atoms. The Bertz CT molecular complexity index is 1120. The molecule has 0 radical (unpaired) electrons. The fraction of sp³-hybridized carbons (Fsp3) is 0.222. The first-order valence-electron chi connectivity index (χ1n) is 7.95. The standard InChI is InChI=1S/C18H16N4O2S/c19-17-16-14(9-20-18(16)22-11-21-17)7-6-12-2-1-3-15(8-12)25(23,24)10-13-4-5-13/h1-3,8-9,11,13H,4-5,10H2,(H3,19,20,21,22). The summed E-state index contributed by atoms with van der Waals surface area (Å²) in [6, 6.07) is 6.76. The molecule has 6 nitrogen and oxygen atoms in total. The summed E-state index contributed by atoms with van der Waals surface area (Å²) >= 11 is 0. The van der Waals surface area contributed by atoms with E-state index in [4.69, 9.17) is 5.73 Å². The minimum Gasteiger partial charge on any atom is -0.383 e. The van der Waals surface area contributed by atoms with Crippen molar-refractivity contribution >= 4 is 26.7 Å². The number of sulfone groups is 1. The molecule has 1 saturated carbocycles. The van der Waals surface area contributed by atoms with E-state index in [9.17, 15) is 8.42 Å². The van der Waals surface area contributed by atoms with Crippen molar-refractivity contribution in [2.75, 3.05) is 11.5 Å². The second kappa shape index (κ2) is 5.90. The van der Waals surface area contributed by atoms with Crippen LogP contribution in [0.1, 0.15) is 24.0 Å². The first-order valence-corrected chi connectivity index (χ1v) is 9.60. The third-order valence-electron chi connectivity index (χ3n) is 4.19. The number of aromatic amines is 1. The van der Waals surface area contributed by atoms with E-state index >= 15 is 0 Å². The average molecular weight is 352 g/mol. The third-order valence-corrected chi connectivity index (χ3v) is 6.07. The molecule has 2 heterocycles. The summed E-state index contributed by atoms with van der Waals surface area (Å²) in [6.45, 7) is 0. The zero-order valence-electron chi connectivity index (χ0n) is 13.4. The van der Waals surface area contributed by atoms with Gasteiger partial charge < -0.3 is 10.7 Å². The normalized spacial score (nSPS) is 14.2. The van der Waals surface area contributed by atoms with Crippen molar-refractivity contribution in [3.63, 3.8) is 0 Å². The summed E-state index contributed by atoms with van der Waals surface area (Å²) in [5.74, 6) is 6.92. The van der Waals surface area contributed by atoms with E-state index in [0.717, 1.165) is 12.8 Å². The summed E-state index contributed by atoms with van der Waals surface area (Å²) in [5, 5.41) is 0.674. The summed E-state index contributed by atoms with van der Waals surface area (Å²) in [6.07, 6.45) is 5.11. The molecule has 0 aliphatic heterocycles. The van der Waals surface area contributed by atoms with Gasteiger partial charge in [0, 0.05) is 11.8 Å². The van der Waals surface area contributed by atoms with Crippen LogP contribution in [0.3, 0.4) is 0 Å². The molecular weight excluding hydrogens is 336 g/mol. The molecule has 4 rings (SSSR count). The summed E-state index contributed by atoms with van der Waals surface area (Å²) in [7, 11) is -3.25. The minimum atomic E-state index is -3.25. The van der Waals surface area contributed by atoms with Gasteiger partial charge in [-0.15, -0.1) is 0 Å². The number of benzene rings is 1. The number of H-pyrrole nitrogens is 1. The van der Waals surface area contributed by atoms with E-state index in [1.165, 1.54) is 6.33 Å². The number of anilines is 1. The van der Waals surface area contributed by atoms with Gasteiger partial charge in [0.15, 0.2) is 9.84 Å². The highest BCUT2D eigenvalue weighted by Gasteiger charge is 2.29. The third kappa shape index (κ3) is 3.21. The Morgan fingerprint density at radius 1 is 1.24 bits per heavy atom. The second-order valence-corrected chi connectivity index (χ2v) is 8.22. The number of rotatable bonds is 3. The Kier molecular flexibility index (Phi) is 3.70. The van der Waals surface area contributed by atoms with Crippen LogP contribution < -0.4 is 5.73 Å². The number of aromatic nitrogens is 3. The lowest BCUT2D eigenvalue weighted by molar-refractivity contribution is 0.592. The highest BCUT2D eigenvalue weighted by Crippen LogP contribution is 2.32. The molecule has 1 aromatic carbocycles. The first-order chi connectivity index (χ1) is 12.0. The zero-order chi connectivity index (χ0) is 17.4. The van der Waals surface area contributed by atoms with Crippen molar-refractivity contribution in [1.82, 2.24) is 15.0 Å². The van der Waals surface area contributed by atoms with Crippen molar-refractivity contribution in [3.05, 3.63) is 47.9 Å². The van der Waals surface area contributed by atoms with Crippen LogP contribution in [0.15, 0.2) is 41.7 Å². The minimum absolute atomic E-state index is 0.222. The van der Waals surface area contributed by atoms with Gasteiger partial charge >= 0.3 is 0 Å². The topological polar surface area (TPSA) is 102 Å². The predicted octanol–water partition coefficient (Wildman–Crippen LogP) is 2.12. The number of nitrogens with zero attached hydrogens (tertiary/aromatic N) is 2. The molecule has 25 heavy (non-hydrogen) atoms. The molecule has 2 aromatic heterocycles. The van der Waals surface area contributed by atoms with Gasteiger partial charge in [-0.25, -0.2) is 18.4 Å². The maximum Gasteiger partial charge on any atom is 0.178 e. The van der Waals surface area contributed by atoms with Crippen molar-refractivity contribution in [2.24, 2.45) is 5.92 Å². The Hall–Kier alpha value is -2.85. The molecule has 7 heteroatoms. The van der Waals surface area contributed by atoms with Gasteiger partial charge in [-0.1, -0.05) is 17.9 Å². The Morgan fingerprint density at radius 3 is 2.88 bits per heavy atom. The van der Waals surface area contributed by atoms with Gasteiger partial charge in [0.25, 0.3) is 0 Å². The number of nitrogen functional groups attached to an aromatic ring is 1. The van der Waals surface area contributed by atoms with E-state index in [-0.39, 0.29) is 5.75 Å². The van der Waals surface area contributed by atoms with Gasteiger partial charge in [-0.2, -0.15) is 0 Å². The van der Waals surface area contributed by atoms with E-state index in [1.54, 1.807) is 30.5 Å². The quantitative estimate of drug-likeness (QED) is 0.703. The average Bonchev–Trinajstić information content (AvgIpc) is 3.29. The Labute approximate surface area is 145 Å². The van der Waals surface area contributed by atoms with Crippen molar-refractivity contribution < 1.29 is 8.42 Å². The Balaban J connectivity index is 1.68. The van der Waals surface area contributed by atoms with E-state index < -0.39 is 9.84 Å². The van der Waals surface area contributed by atoms with Crippen LogP contribution in [0.5, 0.6) is 0 Å². The number of nitrogens with one attached hydrogen (secondary N) is 1. The summed E-state index contributed by atoms with van der Waals surface area (Å²) in [5.41, 5.74) is 7.83. The fourth-order valence-electron chi connectivity index (χ4n) is 2.68. The second-order valence-electron chi connectivity index (χ2n) is 6.19. The maximum atomic E-state index is 12.4. The monoisotopic (exact) mass is 352 g/mol. The molecule has 1 fully saturated rings. The maximum absolute atomic E-state index is 12.4. The lowest BCUT2D eigenvalue weighted by atomic mass is 10.2. The van der Waals surface area contributed by atoms with Gasteiger partial charge in [0.1, 0.15) is 17.8 Å². The van der Waals surface area contributed by atoms with Crippen molar-refractivity contribution in [1.29, 1.82) is 0 Å². The molecule has 3 aromatic rings. The van der Waals surface area contributed by atoms with Gasteiger partial charge in [0.05, 0.1) is 21.6 Å². The highest BCUT2D eigenvalue weighted by atomic mass is 32.2. The van der Waals surface area contributed by atoms with Crippen molar-refractivity contribution in [3.8, 4) is 11.8 Å². The number of hydrogen-bond donors (Lipinski definition) is 2. The van der Waals surface area contributed by atoms with Crippen LogP contribution >= 0.6 is 0 Å². The molecule has 0 bridgehead atoms. The highest BCUT2D eigenvalue weighted by molar-refractivity contribution is 7.91. The lowest BCUT2D eigenvalue weighted by Crippen LogP contribution is -2.08. The van der Waals surface area contributed by atoms with Crippen LogP contribution in [-0.2, 0) is 9.84 Å². The predicted molar refractivity (Wildman–Crippen MR) is 95.5 cm³/mol. The summed E-state index contributed by atoms with van der Waals surface area (Å²) < 4.78 is 24.8. The number of nitrogens with two attached hydrogens (primary N) is 1. The molecule has 126 valence electrons. The van der Waals surface area contributed by atoms with E-state index in [2.05, 4.69) is 26.8 Å². The number of fused-ring (bicyclic) bond motifs is 1. The largest absolute Gasteiger partial charge is 0.383 e. The fourth-order valence-corrected chi connectivity index (χ4v) is 4.42. The van der Waals surface area contributed by atoms with E-state index in [1.807, 2.05) is 0 Å². The summed E-state index contributed by atoms with van der Waals surface area (Å²) in [4.78, 5) is 11.4. The van der Waals surface area contributed by atoms with Crippen LogP contribution in [0.25, 0.3) is 11.0 Å². The van der Waals surface area contributed by atoms with Gasteiger partial charge in [-0.3, -0.25) is 0 Å². The van der Waals surface area contributed by atoms with Crippen LogP contribution in [0.2, 0.25) is 0 Å². The molecule has 0 unspecified atom stereocenters. The molecule has 3 N–H and O–H groups in total. The molecule has 0 atom stereocenters. The van der Waals surface area contributed by atoms with Crippen LogP contribution in [0.4, 0.5) is 5.82 Å². The van der Waals surface area contributed by atoms with Gasteiger partial charge in [-0.05, 0) is 37.0 Å². The molecular formula is C18H16N4O2S. The SMILES string of the molecule is Nc1ncnc2[nH]cc(C#Cc3cccc(S(=O)(=O)CC4CC4)c3)c12. The first kappa shape index (κ1) is 15.7. The van der Waals surface area contributed by atoms with E-state index in [0.29, 0.717) is 38.8 Å². The smallest absolute Gasteiger partial charge is 0.178 e. The molecule has 0 saturated heterocycles.